The van der Waals surface area contributed by atoms with Gasteiger partial charge in [-0.15, -0.1) is 0 Å². The number of nitrogens with one attached hydrogen (secondary N) is 1. The highest BCUT2D eigenvalue weighted by Gasteiger charge is 2.30. The Kier molecular flexibility index (Phi) is 6.12. The highest BCUT2D eigenvalue weighted by atomic mass is 35.5. The molecule has 0 bridgehead atoms. The number of quaternary nitrogens is 1. The quantitative estimate of drug-likeness (QED) is 0.832. The van der Waals surface area contributed by atoms with Gasteiger partial charge in [-0.2, -0.15) is 4.31 Å². The van der Waals surface area contributed by atoms with Gasteiger partial charge in [0, 0.05) is 11.4 Å². The van der Waals surface area contributed by atoms with Gasteiger partial charge in [-0.1, -0.05) is 41.9 Å². The van der Waals surface area contributed by atoms with Crippen LogP contribution in [0.3, 0.4) is 0 Å². The molecule has 4 nitrogen and oxygen atoms in total. The predicted molar refractivity (Wildman–Crippen MR) is 101 cm³/mol. The SMILES string of the molecule is O=S(=O)(c1ccc(Cl)cc1)N1CC[NH+](CCCc2ccccc2)CC1. The van der Waals surface area contributed by atoms with Crippen molar-refractivity contribution in [3.63, 3.8) is 0 Å². The van der Waals surface area contributed by atoms with E-state index in [0.29, 0.717) is 23.0 Å². The first kappa shape index (κ1) is 18.4. The van der Waals surface area contributed by atoms with Crippen LogP contribution in [-0.4, -0.2) is 45.4 Å². The van der Waals surface area contributed by atoms with Crippen molar-refractivity contribution in [1.29, 1.82) is 0 Å². The number of piperazine rings is 1. The lowest BCUT2D eigenvalue weighted by atomic mass is 10.1. The van der Waals surface area contributed by atoms with Crippen molar-refractivity contribution in [2.75, 3.05) is 32.7 Å². The molecule has 1 fully saturated rings. The first-order chi connectivity index (χ1) is 12.1. The Balaban J connectivity index is 1.49. The minimum absolute atomic E-state index is 0.324. The van der Waals surface area contributed by atoms with E-state index in [1.807, 2.05) is 6.07 Å². The zero-order valence-corrected chi connectivity index (χ0v) is 15.8. The third kappa shape index (κ3) is 4.82. The van der Waals surface area contributed by atoms with Gasteiger partial charge in [0.05, 0.1) is 37.6 Å². The molecule has 0 spiro atoms. The van der Waals surface area contributed by atoms with Crippen LogP contribution in [0.1, 0.15) is 12.0 Å². The molecule has 0 unspecified atom stereocenters. The average Bonchev–Trinajstić information content (AvgIpc) is 2.63. The molecule has 0 aromatic heterocycles. The maximum Gasteiger partial charge on any atom is 0.243 e. The van der Waals surface area contributed by atoms with Gasteiger partial charge in [-0.25, -0.2) is 8.42 Å². The molecule has 1 saturated heterocycles. The summed E-state index contributed by atoms with van der Waals surface area (Å²) < 4.78 is 26.9. The molecule has 1 heterocycles. The average molecular weight is 380 g/mol. The summed E-state index contributed by atoms with van der Waals surface area (Å²) in [5.41, 5.74) is 1.37. The van der Waals surface area contributed by atoms with Crippen LogP contribution in [-0.2, 0) is 16.4 Å². The van der Waals surface area contributed by atoms with Gasteiger partial charge in [0.15, 0.2) is 0 Å². The lowest BCUT2D eigenvalue weighted by molar-refractivity contribution is -0.903. The molecule has 2 aromatic rings. The molecule has 0 atom stereocenters. The van der Waals surface area contributed by atoms with Crippen molar-refractivity contribution in [3.05, 3.63) is 65.2 Å². The number of hydrogen-bond donors (Lipinski definition) is 1. The fourth-order valence-corrected chi connectivity index (χ4v) is 4.80. The molecule has 6 heteroatoms. The fourth-order valence-electron chi connectivity index (χ4n) is 3.24. The number of nitrogens with zero attached hydrogens (tertiary/aromatic N) is 1. The largest absolute Gasteiger partial charge is 0.333 e. The summed E-state index contributed by atoms with van der Waals surface area (Å²) in [5, 5.41) is 0.548. The van der Waals surface area contributed by atoms with Gasteiger partial charge < -0.3 is 4.90 Å². The van der Waals surface area contributed by atoms with Gasteiger partial charge in [-0.3, -0.25) is 0 Å². The van der Waals surface area contributed by atoms with Crippen LogP contribution in [0.25, 0.3) is 0 Å². The molecule has 1 aliphatic heterocycles. The van der Waals surface area contributed by atoms with E-state index < -0.39 is 10.0 Å². The highest BCUT2D eigenvalue weighted by molar-refractivity contribution is 7.89. The second kappa shape index (κ2) is 8.32. The first-order valence-corrected chi connectivity index (χ1v) is 10.5. The molecule has 0 amide bonds. The van der Waals surface area contributed by atoms with E-state index >= 15 is 0 Å². The molecule has 1 aliphatic rings. The molecule has 25 heavy (non-hydrogen) atoms. The summed E-state index contributed by atoms with van der Waals surface area (Å²) in [6.45, 7) is 3.96. The monoisotopic (exact) mass is 379 g/mol. The van der Waals surface area contributed by atoms with Crippen molar-refractivity contribution in [2.24, 2.45) is 0 Å². The van der Waals surface area contributed by atoms with E-state index in [4.69, 9.17) is 11.6 Å². The van der Waals surface area contributed by atoms with Crippen molar-refractivity contribution in [3.8, 4) is 0 Å². The van der Waals surface area contributed by atoms with Gasteiger partial charge in [0.25, 0.3) is 0 Å². The van der Waals surface area contributed by atoms with Crippen molar-refractivity contribution < 1.29 is 13.3 Å². The normalized spacial score (nSPS) is 16.8. The van der Waals surface area contributed by atoms with E-state index in [-0.39, 0.29) is 0 Å². The number of hydrogen-bond acceptors (Lipinski definition) is 2. The summed E-state index contributed by atoms with van der Waals surface area (Å²) >= 11 is 5.85. The van der Waals surface area contributed by atoms with Crippen molar-refractivity contribution >= 4 is 21.6 Å². The van der Waals surface area contributed by atoms with Crippen LogP contribution in [0, 0.1) is 0 Å². The number of aryl methyl sites for hydroxylation is 1. The zero-order chi connectivity index (χ0) is 17.7. The molecular weight excluding hydrogens is 356 g/mol. The maximum absolute atomic E-state index is 12.7. The molecule has 0 aliphatic carbocycles. The van der Waals surface area contributed by atoms with Crippen LogP contribution in [0.15, 0.2) is 59.5 Å². The summed E-state index contributed by atoms with van der Waals surface area (Å²) in [6.07, 6.45) is 2.21. The van der Waals surface area contributed by atoms with Crippen LogP contribution in [0.5, 0.6) is 0 Å². The molecule has 2 aromatic carbocycles. The van der Waals surface area contributed by atoms with Gasteiger partial charge in [0.2, 0.25) is 10.0 Å². The number of benzene rings is 2. The second-order valence-electron chi connectivity index (χ2n) is 6.45. The Labute approximate surface area is 155 Å². The molecule has 0 saturated carbocycles. The molecule has 134 valence electrons. The number of halogens is 1. The summed E-state index contributed by atoms with van der Waals surface area (Å²) in [5.74, 6) is 0. The van der Waals surface area contributed by atoms with Crippen LogP contribution in [0.2, 0.25) is 5.02 Å². The van der Waals surface area contributed by atoms with Crippen molar-refractivity contribution in [2.45, 2.75) is 17.7 Å². The van der Waals surface area contributed by atoms with Gasteiger partial charge in [-0.05, 0) is 36.2 Å². The van der Waals surface area contributed by atoms with E-state index in [1.165, 1.54) is 10.5 Å². The Bertz CT molecular complexity index is 771. The van der Waals surface area contributed by atoms with E-state index in [1.54, 1.807) is 28.6 Å². The Morgan fingerprint density at radius 1 is 0.960 bits per heavy atom. The van der Waals surface area contributed by atoms with Gasteiger partial charge in [0.1, 0.15) is 0 Å². The molecular formula is C19H24ClN2O2S+. The topological polar surface area (TPSA) is 41.8 Å². The first-order valence-electron chi connectivity index (χ1n) is 8.69. The smallest absolute Gasteiger partial charge is 0.243 e. The third-order valence-corrected chi connectivity index (χ3v) is 6.88. The highest BCUT2D eigenvalue weighted by Crippen LogP contribution is 2.18. The Morgan fingerprint density at radius 2 is 1.60 bits per heavy atom. The predicted octanol–water partition coefficient (Wildman–Crippen LogP) is 1.86. The molecule has 0 radical (unpaired) electrons. The van der Waals surface area contributed by atoms with Crippen LogP contribution in [0.4, 0.5) is 0 Å². The number of sulfonamides is 1. The Hall–Kier alpha value is -1.40. The lowest BCUT2D eigenvalue weighted by Crippen LogP contribution is -3.14. The van der Waals surface area contributed by atoms with Gasteiger partial charge >= 0.3 is 0 Å². The fraction of sp³-hybridized carbons (Fsp3) is 0.368. The van der Waals surface area contributed by atoms with E-state index in [9.17, 15) is 8.42 Å². The van der Waals surface area contributed by atoms with E-state index in [2.05, 4.69) is 24.3 Å². The molecule has 1 N–H and O–H groups in total. The van der Waals surface area contributed by atoms with Crippen LogP contribution >= 0.6 is 11.6 Å². The van der Waals surface area contributed by atoms with Crippen molar-refractivity contribution in [1.82, 2.24) is 4.31 Å². The summed E-state index contributed by atoms with van der Waals surface area (Å²) in [4.78, 5) is 1.81. The lowest BCUT2D eigenvalue weighted by Gasteiger charge is -2.31. The second-order valence-corrected chi connectivity index (χ2v) is 8.82. The van der Waals surface area contributed by atoms with Crippen LogP contribution < -0.4 is 4.90 Å². The zero-order valence-electron chi connectivity index (χ0n) is 14.2. The standard InChI is InChI=1S/C19H23ClN2O2S/c20-18-8-10-19(11-9-18)25(23,24)22-15-13-21(14-16-22)12-4-7-17-5-2-1-3-6-17/h1-3,5-6,8-11H,4,7,12-16H2/p+1. The minimum Gasteiger partial charge on any atom is -0.333 e. The third-order valence-electron chi connectivity index (χ3n) is 4.72. The number of rotatable bonds is 6. The molecule has 3 rings (SSSR count). The maximum atomic E-state index is 12.7. The van der Waals surface area contributed by atoms with E-state index in [0.717, 1.165) is 32.5 Å². The summed E-state index contributed by atoms with van der Waals surface area (Å²) in [6, 6.07) is 16.9. The minimum atomic E-state index is -3.40. The Morgan fingerprint density at radius 3 is 2.24 bits per heavy atom. The summed E-state index contributed by atoms with van der Waals surface area (Å²) in [7, 11) is -3.40.